The Kier molecular flexibility index (Phi) is 4.63. The summed E-state index contributed by atoms with van der Waals surface area (Å²) in [4.78, 5) is 11.8. The summed E-state index contributed by atoms with van der Waals surface area (Å²) in [6.07, 6.45) is 6.97. The summed E-state index contributed by atoms with van der Waals surface area (Å²) in [6.45, 7) is 1.30. The number of H-pyrrole nitrogens is 1. The molecule has 1 aliphatic heterocycles. The summed E-state index contributed by atoms with van der Waals surface area (Å²) in [7, 11) is 1.68. The van der Waals surface area contributed by atoms with Gasteiger partial charge >= 0.3 is 0 Å². The van der Waals surface area contributed by atoms with E-state index in [0.29, 0.717) is 30.2 Å². The van der Waals surface area contributed by atoms with E-state index in [4.69, 9.17) is 19.2 Å². The zero-order valence-electron chi connectivity index (χ0n) is 17.7. The van der Waals surface area contributed by atoms with Crippen molar-refractivity contribution in [2.45, 2.75) is 63.0 Å². The Labute approximate surface area is 180 Å². The van der Waals surface area contributed by atoms with Gasteiger partial charge in [0.05, 0.1) is 24.0 Å². The maximum Gasteiger partial charge on any atom is 0.228 e. The first kappa shape index (κ1) is 18.8. The lowest BCUT2D eigenvalue weighted by molar-refractivity contribution is 0.181. The molecule has 0 spiro atoms. The van der Waals surface area contributed by atoms with Gasteiger partial charge in [0, 0.05) is 49.4 Å². The zero-order valence-corrected chi connectivity index (χ0v) is 17.7. The molecule has 162 valence electrons. The van der Waals surface area contributed by atoms with Crippen LogP contribution in [0.1, 0.15) is 79.2 Å². The highest BCUT2D eigenvalue weighted by Crippen LogP contribution is 2.42. The van der Waals surface area contributed by atoms with Gasteiger partial charge in [0.2, 0.25) is 5.95 Å². The van der Waals surface area contributed by atoms with Crippen molar-refractivity contribution in [1.82, 2.24) is 25.3 Å². The molecule has 31 heavy (non-hydrogen) atoms. The van der Waals surface area contributed by atoms with Crippen LogP contribution in [0.3, 0.4) is 0 Å². The third-order valence-electron chi connectivity index (χ3n) is 6.31. The summed E-state index contributed by atoms with van der Waals surface area (Å²) in [6, 6.07) is 6.23. The van der Waals surface area contributed by atoms with Crippen molar-refractivity contribution in [2.75, 3.05) is 23.9 Å². The number of nitrogens with one attached hydrogen (secondary N) is 2. The Hall–Kier alpha value is -2.94. The van der Waals surface area contributed by atoms with Crippen LogP contribution in [-0.4, -0.2) is 39.0 Å². The Morgan fingerprint density at radius 3 is 2.77 bits per heavy atom. The van der Waals surface area contributed by atoms with Crippen LogP contribution in [0.4, 0.5) is 17.6 Å². The number of hydrogen-bond acceptors (Lipinski definition) is 8. The topological polar surface area (TPSA) is 105 Å². The summed E-state index contributed by atoms with van der Waals surface area (Å²) in [5, 5.41) is 15.2. The van der Waals surface area contributed by atoms with E-state index < -0.39 is 0 Å². The molecule has 9 heteroatoms. The van der Waals surface area contributed by atoms with Gasteiger partial charge in [-0.15, -0.1) is 0 Å². The van der Waals surface area contributed by atoms with Crippen LogP contribution < -0.4 is 10.2 Å². The highest BCUT2D eigenvalue weighted by atomic mass is 16.5. The van der Waals surface area contributed by atoms with E-state index in [1.807, 2.05) is 6.07 Å². The Morgan fingerprint density at radius 2 is 1.97 bits per heavy atom. The average Bonchev–Trinajstić information content (AvgIpc) is 3.64. The van der Waals surface area contributed by atoms with Crippen molar-refractivity contribution < 1.29 is 9.26 Å². The molecule has 4 heterocycles. The zero-order chi connectivity index (χ0) is 20.8. The number of nitrogens with zero attached hydrogens (tertiary/aromatic N) is 5. The minimum atomic E-state index is 0.109. The van der Waals surface area contributed by atoms with E-state index in [1.165, 1.54) is 31.4 Å². The fraction of sp³-hybridized carbons (Fsp3) is 0.545. The van der Waals surface area contributed by atoms with Crippen LogP contribution in [0.2, 0.25) is 0 Å². The molecular formula is C22H27N7O2. The number of aromatic nitrogens is 5. The van der Waals surface area contributed by atoms with Crippen LogP contribution >= 0.6 is 0 Å². The van der Waals surface area contributed by atoms with Crippen LogP contribution in [0, 0.1) is 0 Å². The van der Waals surface area contributed by atoms with E-state index in [9.17, 15) is 0 Å². The number of rotatable bonds is 8. The SMILES string of the molecule is COCc1cc(Nc2cc(C3CC3)[nH]n2)nc(N2CCCC2c2cc(C3CC3)no2)n1. The third kappa shape index (κ3) is 3.89. The molecule has 2 N–H and O–H groups in total. The molecule has 2 aliphatic carbocycles. The van der Waals surface area contributed by atoms with Gasteiger partial charge < -0.3 is 19.5 Å². The van der Waals surface area contributed by atoms with Crippen LogP contribution in [0.15, 0.2) is 22.7 Å². The first-order valence-electron chi connectivity index (χ1n) is 11.2. The summed E-state index contributed by atoms with van der Waals surface area (Å²) < 4.78 is 11.1. The molecule has 3 fully saturated rings. The monoisotopic (exact) mass is 421 g/mol. The molecule has 2 saturated carbocycles. The van der Waals surface area contributed by atoms with Gasteiger partial charge in [0.1, 0.15) is 5.82 Å². The second kappa shape index (κ2) is 7.64. The molecule has 0 amide bonds. The van der Waals surface area contributed by atoms with Gasteiger partial charge in [0.15, 0.2) is 11.6 Å². The Balaban J connectivity index is 1.27. The summed E-state index contributed by atoms with van der Waals surface area (Å²) in [5.41, 5.74) is 3.10. The fourth-order valence-corrected chi connectivity index (χ4v) is 4.37. The van der Waals surface area contributed by atoms with Gasteiger partial charge in [0.25, 0.3) is 0 Å². The van der Waals surface area contributed by atoms with Crippen molar-refractivity contribution in [3.8, 4) is 0 Å². The molecule has 1 atom stereocenters. The molecule has 0 aromatic carbocycles. The van der Waals surface area contributed by atoms with Crippen molar-refractivity contribution in [1.29, 1.82) is 0 Å². The second-order valence-corrected chi connectivity index (χ2v) is 8.87. The van der Waals surface area contributed by atoms with E-state index in [2.05, 4.69) is 37.7 Å². The first-order chi connectivity index (χ1) is 15.3. The lowest BCUT2D eigenvalue weighted by Crippen LogP contribution is -2.25. The Morgan fingerprint density at radius 1 is 1.10 bits per heavy atom. The summed E-state index contributed by atoms with van der Waals surface area (Å²) in [5.74, 6) is 4.29. The molecule has 1 unspecified atom stereocenters. The number of anilines is 3. The molecule has 0 bridgehead atoms. The van der Waals surface area contributed by atoms with Gasteiger partial charge in [-0.25, -0.2) is 4.98 Å². The molecule has 1 saturated heterocycles. The first-order valence-corrected chi connectivity index (χ1v) is 11.2. The van der Waals surface area contributed by atoms with Crippen molar-refractivity contribution in [3.05, 3.63) is 41.0 Å². The smallest absolute Gasteiger partial charge is 0.228 e. The number of aromatic amines is 1. The van der Waals surface area contributed by atoms with Crippen molar-refractivity contribution in [3.63, 3.8) is 0 Å². The third-order valence-corrected chi connectivity index (χ3v) is 6.31. The standard InChI is InChI=1S/C22H27N7O2/c1-30-12-15-9-20(24-21-11-16(26-27-21)13-4-5-13)25-22(23-15)29-8-2-3-18(29)19-10-17(28-31-19)14-6-7-14/h9-11,13-14,18H,2-8,12H2,1H3,(H2,23,24,25,26,27). The maximum absolute atomic E-state index is 5.73. The van der Waals surface area contributed by atoms with E-state index >= 15 is 0 Å². The molecular weight excluding hydrogens is 394 g/mol. The molecule has 3 aromatic rings. The largest absolute Gasteiger partial charge is 0.378 e. The average molecular weight is 422 g/mol. The predicted octanol–water partition coefficient (Wildman–Crippen LogP) is 4.17. The minimum Gasteiger partial charge on any atom is -0.378 e. The van der Waals surface area contributed by atoms with Gasteiger partial charge in [-0.05, 0) is 38.5 Å². The van der Waals surface area contributed by atoms with Crippen molar-refractivity contribution >= 4 is 17.6 Å². The predicted molar refractivity (Wildman–Crippen MR) is 114 cm³/mol. The molecule has 6 rings (SSSR count). The number of hydrogen-bond donors (Lipinski definition) is 2. The van der Waals surface area contributed by atoms with Gasteiger partial charge in [-0.3, -0.25) is 5.10 Å². The molecule has 9 nitrogen and oxygen atoms in total. The maximum atomic E-state index is 5.73. The van der Waals surface area contributed by atoms with Crippen LogP contribution in [0.25, 0.3) is 0 Å². The van der Waals surface area contributed by atoms with E-state index in [0.717, 1.165) is 42.4 Å². The fourth-order valence-electron chi connectivity index (χ4n) is 4.37. The van der Waals surface area contributed by atoms with E-state index in [1.54, 1.807) is 7.11 Å². The normalized spacial score (nSPS) is 21.1. The number of ether oxygens (including phenoxy) is 1. The van der Waals surface area contributed by atoms with Crippen molar-refractivity contribution in [2.24, 2.45) is 0 Å². The lowest BCUT2D eigenvalue weighted by Gasteiger charge is -2.23. The lowest BCUT2D eigenvalue weighted by atomic mass is 10.1. The highest BCUT2D eigenvalue weighted by molar-refractivity contribution is 5.55. The second-order valence-electron chi connectivity index (χ2n) is 8.87. The van der Waals surface area contributed by atoms with E-state index in [-0.39, 0.29) is 6.04 Å². The number of methoxy groups -OCH3 is 1. The van der Waals surface area contributed by atoms with Gasteiger partial charge in [-0.2, -0.15) is 10.1 Å². The van der Waals surface area contributed by atoms with Gasteiger partial charge in [-0.1, -0.05) is 5.16 Å². The minimum absolute atomic E-state index is 0.109. The van der Waals surface area contributed by atoms with Crippen LogP contribution in [0.5, 0.6) is 0 Å². The molecule has 3 aliphatic rings. The van der Waals surface area contributed by atoms with Crippen LogP contribution in [-0.2, 0) is 11.3 Å². The molecule has 0 radical (unpaired) electrons. The molecule has 3 aromatic heterocycles. The Bertz CT molecular complexity index is 1070. The highest BCUT2D eigenvalue weighted by Gasteiger charge is 2.34. The summed E-state index contributed by atoms with van der Waals surface area (Å²) >= 11 is 0. The quantitative estimate of drug-likeness (QED) is 0.558.